The third-order valence-electron chi connectivity index (χ3n) is 2.19. The standard InChI is InChI=1S/C6H5N3.C6H5NO2/c1-2-4-6-5(3-1)7-9-8-6;8-7(9)6-4-2-1-3-5-6/h1-4H,(H,7,8,9);1-5H. The number of aromatic amines is 1. The Hall–Kier alpha value is -2.76. The lowest BCUT2D eigenvalue weighted by Crippen LogP contribution is -1.84. The van der Waals surface area contributed by atoms with E-state index in [4.69, 9.17) is 0 Å². The van der Waals surface area contributed by atoms with Crippen LogP contribution in [0, 0.1) is 10.1 Å². The summed E-state index contributed by atoms with van der Waals surface area (Å²) in [7, 11) is 0. The summed E-state index contributed by atoms with van der Waals surface area (Å²) in [6, 6.07) is 15.6. The lowest BCUT2D eigenvalue weighted by atomic mass is 10.3. The van der Waals surface area contributed by atoms with E-state index in [-0.39, 0.29) is 5.69 Å². The maximum atomic E-state index is 10.0. The quantitative estimate of drug-likeness (QED) is 0.525. The number of para-hydroxylation sites is 3. The van der Waals surface area contributed by atoms with Gasteiger partial charge in [-0.15, -0.1) is 0 Å². The van der Waals surface area contributed by atoms with Crippen molar-refractivity contribution in [3.63, 3.8) is 0 Å². The minimum Gasteiger partial charge on any atom is -0.258 e. The molecule has 0 aliphatic heterocycles. The van der Waals surface area contributed by atoms with Crippen molar-refractivity contribution in [1.82, 2.24) is 15.4 Å². The van der Waals surface area contributed by atoms with Crippen molar-refractivity contribution >= 4 is 16.7 Å². The number of non-ortho nitro benzene ring substituents is 1. The largest absolute Gasteiger partial charge is 0.269 e. The van der Waals surface area contributed by atoms with Crippen molar-refractivity contribution in [3.05, 3.63) is 64.7 Å². The predicted molar refractivity (Wildman–Crippen MR) is 67.0 cm³/mol. The minimum absolute atomic E-state index is 0.137. The highest BCUT2D eigenvalue weighted by atomic mass is 16.6. The number of fused-ring (bicyclic) bond motifs is 1. The van der Waals surface area contributed by atoms with E-state index in [1.165, 1.54) is 12.1 Å². The van der Waals surface area contributed by atoms with Gasteiger partial charge < -0.3 is 0 Å². The molecule has 6 nitrogen and oxygen atoms in total. The molecular formula is C12H10N4O2. The summed E-state index contributed by atoms with van der Waals surface area (Å²) in [5, 5.41) is 20.3. The molecule has 0 fully saturated rings. The molecule has 3 rings (SSSR count). The number of nitrogens with zero attached hydrogens (tertiary/aromatic N) is 3. The highest BCUT2D eigenvalue weighted by Crippen LogP contribution is 2.06. The third kappa shape index (κ3) is 2.88. The fourth-order valence-electron chi connectivity index (χ4n) is 1.34. The van der Waals surface area contributed by atoms with Crippen LogP contribution >= 0.6 is 0 Å². The van der Waals surface area contributed by atoms with E-state index in [2.05, 4.69) is 15.4 Å². The summed E-state index contributed by atoms with van der Waals surface area (Å²) in [6.45, 7) is 0. The van der Waals surface area contributed by atoms with Gasteiger partial charge in [-0.25, -0.2) is 0 Å². The van der Waals surface area contributed by atoms with E-state index in [9.17, 15) is 10.1 Å². The van der Waals surface area contributed by atoms with Crippen LogP contribution in [0.1, 0.15) is 0 Å². The zero-order valence-corrected chi connectivity index (χ0v) is 9.35. The Balaban J connectivity index is 0.000000134. The molecule has 3 aromatic rings. The highest BCUT2D eigenvalue weighted by molar-refractivity contribution is 5.72. The summed E-state index contributed by atoms with van der Waals surface area (Å²) in [5.74, 6) is 0. The van der Waals surface area contributed by atoms with Crippen LogP contribution in [-0.4, -0.2) is 20.3 Å². The van der Waals surface area contributed by atoms with Crippen LogP contribution < -0.4 is 0 Å². The monoisotopic (exact) mass is 242 g/mol. The van der Waals surface area contributed by atoms with Gasteiger partial charge >= 0.3 is 0 Å². The second kappa shape index (κ2) is 5.53. The van der Waals surface area contributed by atoms with Crippen molar-refractivity contribution in [3.8, 4) is 0 Å². The van der Waals surface area contributed by atoms with Crippen LogP contribution in [0.2, 0.25) is 0 Å². The van der Waals surface area contributed by atoms with Crippen LogP contribution in [-0.2, 0) is 0 Å². The Kier molecular flexibility index (Phi) is 3.60. The predicted octanol–water partition coefficient (Wildman–Crippen LogP) is 2.55. The second-order valence-electron chi connectivity index (χ2n) is 3.40. The Morgan fingerprint density at radius 1 is 0.889 bits per heavy atom. The summed E-state index contributed by atoms with van der Waals surface area (Å²) >= 11 is 0. The molecule has 0 aliphatic rings. The van der Waals surface area contributed by atoms with Crippen molar-refractivity contribution in [2.24, 2.45) is 0 Å². The number of nitro groups is 1. The number of hydrogen-bond acceptors (Lipinski definition) is 4. The molecule has 0 radical (unpaired) electrons. The molecule has 18 heavy (non-hydrogen) atoms. The molecule has 0 aliphatic carbocycles. The molecule has 1 N–H and O–H groups in total. The molecule has 0 spiro atoms. The van der Waals surface area contributed by atoms with Gasteiger partial charge in [0.2, 0.25) is 0 Å². The third-order valence-corrected chi connectivity index (χ3v) is 2.19. The number of nitro benzene ring substituents is 1. The van der Waals surface area contributed by atoms with Crippen molar-refractivity contribution < 1.29 is 4.92 Å². The SMILES string of the molecule is O=[N+]([O-])c1ccccc1.c1ccc2n[nH]nc2c1. The Bertz CT molecular complexity index is 606. The number of nitrogens with one attached hydrogen (secondary N) is 1. The number of H-pyrrole nitrogens is 1. The Morgan fingerprint density at radius 3 is 1.83 bits per heavy atom. The van der Waals surface area contributed by atoms with Crippen LogP contribution in [0.15, 0.2) is 54.6 Å². The maximum absolute atomic E-state index is 10.0. The molecule has 2 aromatic carbocycles. The van der Waals surface area contributed by atoms with Crippen molar-refractivity contribution in [1.29, 1.82) is 0 Å². The molecule has 0 atom stereocenters. The van der Waals surface area contributed by atoms with Gasteiger partial charge in [-0.1, -0.05) is 30.3 Å². The highest BCUT2D eigenvalue weighted by Gasteiger charge is 1.98. The van der Waals surface area contributed by atoms with Gasteiger partial charge in [0, 0.05) is 12.1 Å². The number of benzene rings is 2. The first-order valence-electron chi connectivity index (χ1n) is 5.22. The summed E-state index contributed by atoms with van der Waals surface area (Å²) in [5.41, 5.74) is 1.97. The fraction of sp³-hybridized carbons (Fsp3) is 0. The lowest BCUT2D eigenvalue weighted by Gasteiger charge is -1.85. The number of aromatic nitrogens is 3. The molecule has 0 saturated carbocycles. The van der Waals surface area contributed by atoms with E-state index in [0.29, 0.717) is 0 Å². The molecule has 6 heteroatoms. The van der Waals surface area contributed by atoms with Gasteiger partial charge in [0.05, 0.1) is 4.92 Å². The summed E-state index contributed by atoms with van der Waals surface area (Å²) < 4.78 is 0. The maximum Gasteiger partial charge on any atom is 0.269 e. The first kappa shape index (κ1) is 11.7. The lowest BCUT2D eigenvalue weighted by molar-refractivity contribution is -0.384. The van der Waals surface area contributed by atoms with Gasteiger partial charge in [-0.05, 0) is 12.1 Å². The first-order chi connectivity index (χ1) is 8.77. The summed E-state index contributed by atoms with van der Waals surface area (Å²) in [4.78, 5) is 9.59. The molecule has 0 bridgehead atoms. The molecule has 90 valence electrons. The normalized spacial score (nSPS) is 9.56. The summed E-state index contributed by atoms with van der Waals surface area (Å²) in [6.07, 6.45) is 0. The zero-order valence-electron chi connectivity index (χ0n) is 9.35. The van der Waals surface area contributed by atoms with Gasteiger partial charge in [-0.2, -0.15) is 15.4 Å². The van der Waals surface area contributed by atoms with Crippen molar-refractivity contribution in [2.45, 2.75) is 0 Å². The minimum atomic E-state index is -0.417. The second-order valence-corrected chi connectivity index (χ2v) is 3.40. The molecule has 1 heterocycles. The van der Waals surface area contributed by atoms with Gasteiger partial charge in [0.1, 0.15) is 11.0 Å². The topological polar surface area (TPSA) is 84.7 Å². The van der Waals surface area contributed by atoms with E-state index >= 15 is 0 Å². The Labute approximate surface area is 102 Å². The van der Waals surface area contributed by atoms with E-state index in [1.54, 1.807) is 18.2 Å². The molecule has 0 amide bonds. The van der Waals surface area contributed by atoms with E-state index in [0.717, 1.165) is 11.0 Å². The van der Waals surface area contributed by atoms with Crippen LogP contribution in [0.5, 0.6) is 0 Å². The van der Waals surface area contributed by atoms with E-state index < -0.39 is 4.92 Å². The van der Waals surface area contributed by atoms with Crippen LogP contribution in [0.3, 0.4) is 0 Å². The molecule has 1 aromatic heterocycles. The fourth-order valence-corrected chi connectivity index (χ4v) is 1.34. The van der Waals surface area contributed by atoms with Gasteiger partial charge in [0.15, 0.2) is 0 Å². The first-order valence-corrected chi connectivity index (χ1v) is 5.22. The van der Waals surface area contributed by atoms with Crippen molar-refractivity contribution in [2.75, 3.05) is 0 Å². The number of rotatable bonds is 1. The van der Waals surface area contributed by atoms with Crippen LogP contribution in [0.25, 0.3) is 11.0 Å². The van der Waals surface area contributed by atoms with Crippen LogP contribution in [0.4, 0.5) is 5.69 Å². The average Bonchev–Trinajstić information content (AvgIpc) is 2.89. The molecule has 0 unspecified atom stereocenters. The van der Waals surface area contributed by atoms with Gasteiger partial charge in [0.25, 0.3) is 5.69 Å². The molecular weight excluding hydrogens is 232 g/mol. The Morgan fingerprint density at radius 2 is 1.39 bits per heavy atom. The zero-order chi connectivity index (χ0) is 12.8. The van der Waals surface area contributed by atoms with Gasteiger partial charge in [-0.3, -0.25) is 10.1 Å². The van der Waals surface area contributed by atoms with E-state index in [1.807, 2.05) is 24.3 Å². The number of hydrogen-bond donors (Lipinski definition) is 1. The average molecular weight is 242 g/mol. The smallest absolute Gasteiger partial charge is 0.258 e. The molecule has 0 saturated heterocycles.